The standard InChI is InChI=1S/C46H90NO10P/c1-6-8-10-12-14-15-16-17-18-19-20-21-22-23-24-28-33-37-46(51)57-42(41-56-58(52,53)55-39-38-47(3,4)5)40-54-45(50)36-32-29-25-27-31-35-44(49)43(48)34-30-26-13-11-9-7-2/h26,30,42-44,48-49H,6-25,27-29,31-41H2,1-5H3/p+1/b30-26-/t42-,43-,44-/m1/s1. The summed E-state index contributed by atoms with van der Waals surface area (Å²) in [6.07, 6.45) is 32.8. The van der Waals surface area contributed by atoms with Crippen molar-refractivity contribution in [2.45, 2.75) is 225 Å². The van der Waals surface area contributed by atoms with Crippen LogP contribution in [0.15, 0.2) is 12.2 Å². The number of aliphatic hydroxyl groups is 2. The van der Waals surface area contributed by atoms with Gasteiger partial charge in [-0.15, -0.1) is 0 Å². The highest BCUT2D eigenvalue weighted by molar-refractivity contribution is 7.47. The average Bonchev–Trinajstić information content (AvgIpc) is 3.17. The molecule has 4 atom stereocenters. The molecule has 0 saturated carbocycles. The van der Waals surface area contributed by atoms with Crippen molar-refractivity contribution in [3.05, 3.63) is 12.2 Å². The van der Waals surface area contributed by atoms with E-state index in [4.69, 9.17) is 18.5 Å². The lowest BCUT2D eigenvalue weighted by Crippen LogP contribution is -2.37. The lowest BCUT2D eigenvalue weighted by molar-refractivity contribution is -0.870. The summed E-state index contributed by atoms with van der Waals surface area (Å²) in [7, 11) is 1.40. The number of carbonyl (C=O) groups excluding carboxylic acids is 2. The number of hydrogen-bond donors (Lipinski definition) is 3. The number of nitrogens with zero attached hydrogens (tertiary/aromatic N) is 1. The highest BCUT2D eigenvalue weighted by Gasteiger charge is 2.27. The van der Waals surface area contributed by atoms with Gasteiger partial charge in [-0.1, -0.05) is 167 Å². The first kappa shape index (κ1) is 56.7. The molecule has 0 amide bonds. The molecule has 0 heterocycles. The van der Waals surface area contributed by atoms with Crippen LogP contribution in [0.2, 0.25) is 0 Å². The Labute approximate surface area is 355 Å². The van der Waals surface area contributed by atoms with Crippen molar-refractivity contribution in [1.82, 2.24) is 0 Å². The van der Waals surface area contributed by atoms with Crippen LogP contribution in [0.1, 0.15) is 206 Å². The van der Waals surface area contributed by atoms with E-state index in [1.54, 1.807) is 0 Å². The van der Waals surface area contributed by atoms with Crippen LogP contribution < -0.4 is 0 Å². The molecular weight excluding hydrogens is 757 g/mol. The zero-order chi connectivity index (χ0) is 43.2. The summed E-state index contributed by atoms with van der Waals surface area (Å²) in [5.74, 6) is -0.900. The van der Waals surface area contributed by atoms with Gasteiger partial charge in [-0.25, -0.2) is 4.57 Å². The van der Waals surface area contributed by atoms with Crippen molar-refractivity contribution in [1.29, 1.82) is 0 Å². The fourth-order valence-electron chi connectivity index (χ4n) is 6.63. The molecule has 0 aliphatic rings. The first-order valence-corrected chi connectivity index (χ1v) is 25.1. The molecule has 0 aliphatic carbocycles. The summed E-state index contributed by atoms with van der Waals surface area (Å²) in [6, 6.07) is 0. The van der Waals surface area contributed by atoms with Gasteiger partial charge in [0.2, 0.25) is 0 Å². The van der Waals surface area contributed by atoms with Gasteiger partial charge in [-0.05, 0) is 38.5 Å². The average molecular weight is 849 g/mol. The molecule has 0 aliphatic heterocycles. The second-order valence-corrected chi connectivity index (χ2v) is 18.9. The van der Waals surface area contributed by atoms with Crippen LogP contribution in [0, 0.1) is 0 Å². The Balaban J connectivity index is 4.40. The molecule has 0 bridgehead atoms. The SMILES string of the molecule is CCCCC/C=C\C[C@@H](O)[C@H](O)CCCCCCCC(=O)OC[C@H](COP(=O)(O)OCC[N+](C)(C)C)OC(=O)CCCCCCCCCCCCCCCCCCC. The van der Waals surface area contributed by atoms with Gasteiger partial charge in [0, 0.05) is 12.8 Å². The molecule has 0 aromatic carbocycles. The molecule has 0 radical (unpaired) electrons. The molecule has 0 aromatic rings. The van der Waals surface area contributed by atoms with Crippen molar-refractivity contribution in [3.8, 4) is 0 Å². The second kappa shape index (κ2) is 38.6. The molecular formula is C46H91NO10P+. The largest absolute Gasteiger partial charge is 0.472 e. The molecule has 0 spiro atoms. The van der Waals surface area contributed by atoms with Crippen molar-refractivity contribution >= 4 is 19.8 Å². The number of hydrogen-bond acceptors (Lipinski definition) is 9. The fourth-order valence-corrected chi connectivity index (χ4v) is 7.37. The van der Waals surface area contributed by atoms with Crippen LogP contribution in [0.3, 0.4) is 0 Å². The molecule has 1 unspecified atom stereocenters. The maximum atomic E-state index is 12.7. The molecule has 0 rings (SSSR count). The Kier molecular flexibility index (Phi) is 37.7. The summed E-state index contributed by atoms with van der Waals surface area (Å²) in [4.78, 5) is 35.4. The summed E-state index contributed by atoms with van der Waals surface area (Å²) in [6.45, 7) is 4.21. The molecule has 0 fully saturated rings. The van der Waals surface area contributed by atoms with Gasteiger partial charge < -0.3 is 29.1 Å². The van der Waals surface area contributed by atoms with Gasteiger partial charge in [-0.3, -0.25) is 18.6 Å². The van der Waals surface area contributed by atoms with Gasteiger partial charge in [0.25, 0.3) is 0 Å². The third kappa shape index (κ3) is 40.1. The number of rotatable bonds is 43. The molecule has 3 N–H and O–H groups in total. The molecule has 12 heteroatoms. The number of quaternary nitrogens is 1. The normalized spacial score (nSPS) is 14.7. The Morgan fingerprint density at radius 1 is 0.586 bits per heavy atom. The van der Waals surface area contributed by atoms with Crippen LogP contribution in [0.4, 0.5) is 0 Å². The van der Waals surface area contributed by atoms with Crippen molar-refractivity contribution < 1.29 is 52.3 Å². The van der Waals surface area contributed by atoms with Gasteiger partial charge in [-0.2, -0.15) is 0 Å². The maximum absolute atomic E-state index is 12.7. The van der Waals surface area contributed by atoms with E-state index in [2.05, 4.69) is 19.9 Å². The van der Waals surface area contributed by atoms with Gasteiger partial charge in [0.1, 0.15) is 19.8 Å². The van der Waals surface area contributed by atoms with E-state index in [1.165, 1.54) is 96.3 Å². The van der Waals surface area contributed by atoms with E-state index >= 15 is 0 Å². The molecule has 11 nitrogen and oxygen atoms in total. The third-order valence-corrected chi connectivity index (χ3v) is 11.5. The summed E-state index contributed by atoms with van der Waals surface area (Å²) in [5, 5.41) is 20.5. The molecule has 0 aromatic heterocycles. The van der Waals surface area contributed by atoms with Crippen molar-refractivity contribution in [2.24, 2.45) is 0 Å². The molecule has 344 valence electrons. The van der Waals surface area contributed by atoms with Gasteiger partial charge in [0.05, 0.1) is 40.0 Å². The minimum absolute atomic E-state index is 0.00934. The number of phosphoric ester groups is 1. The number of esters is 2. The number of aliphatic hydroxyl groups excluding tert-OH is 2. The number of ether oxygens (including phenoxy) is 2. The highest BCUT2D eigenvalue weighted by atomic mass is 31.2. The van der Waals surface area contributed by atoms with Gasteiger partial charge in [0.15, 0.2) is 6.10 Å². The Hall–Kier alpha value is -1.33. The third-order valence-electron chi connectivity index (χ3n) is 10.5. The van der Waals surface area contributed by atoms with Crippen molar-refractivity contribution in [3.63, 3.8) is 0 Å². The second-order valence-electron chi connectivity index (χ2n) is 17.5. The van der Waals surface area contributed by atoms with E-state index in [-0.39, 0.29) is 26.1 Å². The van der Waals surface area contributed by atoms with Crippen LogP contribution in [0.5, 0.6) is 0 Å². The van der Waals surface area contributed by atoms with E-state index in [0.29, 0.717) is 36.7 Å². The number of allylic oxidation sites excluding steroid dienone is 1. The Morgan fingerprint density at radius 3 is 1.57 bits per heavy atom. The Morgan fingerprint density at radius 2 is 1.05 bits per heavy atom. The van der Waals surface area contributed by atoms with E-state index in [1.807, 2.05) is 27.2 Å². The van der Waals surface area contributed by atoms with E-state index < -0.39 is 44.7 Å². The quantitative estimate of drug-likeness (QED) is 0.0178. The lowest BCUT2D eigenvalue weighted by Gasteiger charge is -2.24. The summed E-state index contributed by atoms with van der Waals surface area (Å²) < 4.78 is 34.3. The topological polar surface area (TPSA) is 149 Å². The van der Waals surface area contributed by atoms with Crippen LogP contribution in [-0.4, -0.2) is 97.3 Å². The first-order valence-electron chi connectivity index (χ1n) is 23.6. The number of carbonyl (C=O) groups is 2. The fraction of sp³-hybridized carbons (Fsp3) is 0.913. The van der Waals surface area contributed by atoms with Crippen LogP contribution in [-0.2, 0) is 32.7 Å². The predicted octanol–water partition coefficient (Wildman–Crippen LogP) is 11.3. The van der Waals surface area contributed by atoms with Crippen LogP contribution >= 0.6 is 7.82 Å². The zero-order valence-corrected chi connectivity index (χ0v) is 38.9. The lowest BCUT2D eigenvalue weighted by atomic mass is 10.0. The Bertz CT molecular complexity index is 1040. The van der Waals surface area contributed by atoms with E-state index in [9.17, 15) is 29.3 Å². The number of unbranched alkanes of at least 4 members (excludes halogenated alkanes) is 23. The minimum Gasteiger partial charge on any atom is -0.462 e. The monoisotopic (exact) mass is 849 g/mol. The minimum atomic E-state index is -4.41. The highest BCUT2D eigenvalue weighted by Crippen LogP contribution is 2.43. The summed E-state index contributed by atoms with van der Waals surface area (Å²) >= 11 is 0. The first-order chi connectivity index (χ1) is 27.8. The zero-order valence-electron chi connectivity index (χ0n) is 38.0. The van der Waals surface area contributed by atoms with Gasteiger partial charge >= 0.3 is 19.8 Å². The summed E-state index contributed by atoms with van der Waals surface area (Å²) in [5.41, 5.74) is 0. The number of phosphoric acid groups is 1. The number of likely N-dealkylation sites (N-methyl/N-ethyl adjacent to an activating group) is 1. The molecule has 58 heavy (non-hydrogen) atoms. The van der Waals surface area contributed by atoms with E-state index in [0.717, 1.165) is 57.8 Å². The van der Waals surface area contributed by atoms with Crippen LogP contribution in [0.25, 0.3) is 0 Å². The predicted molar refractivity (Wildman–Crippen MR) is 236 cm³/mol. The smallest absolute Gasteiger partial charge is 0.462 e. The van der Waals surface area contributed by atoms with Crippen molar-refractivity contribution in [2.75, 3.05) is 47.5 Å². The molecule has 0 saturated heterocycles. The maximum Gasteiger partial charge on any atom is 0.472 e.